The average Bonchev–Trinajstić information content (AvgIpc) is 3.56. The summed E-state index contributed by atoms with van der Waals surface area (Å²) in [6.07, 6.45) is 3.77. The van der Waals surface area contributed by atoms with Crippen molar-refractivity contribution in [1.82, 2.24) is 25.5 Å². The summed E-state index contributed by atoms with van der Waals surface area (Å²) in [6.45, 7) is 0.353. The van der Waals surface area contributed by atoms with Gasteiger partial charge in [-0.05, 0) is 34.2 Å². The number of nitrogens with one attached hydrogen (secondary N) is 1. The summed E-state index contributed by atoms with van der Waals surface area (Å²) >= 11 is 0. The number of amides is 1. The summed E-state index contributed by atoms with van der Waals surface area (Å²) in [5, 5.41) is 14.9. The van der Waals surface area contributed by atoms with Gasteiger partial charge >= 0.3 is 0 Å². The standard InChI is InChI=1S/C23H19N5O3/c29-23(24-15-19-13-17-9-4-5-11-21(17)31-19)20(14-18-10-6-12-30-18)28-22(25-26-27-28)16-7-2-1-3-8-16/h1-12,14,19H,13,15H2,(H,24,29)/b20-14-. The Balaban J connectivity index is 1.39. The van der Waals surface area contributed by atoms with Crippen LogP contribution >= 0.6 is 0 Å². The molecule has 0 aliphatic carbocycles. The van der Waals surface area contributed by atoms with Crippen molar-refractivity contribution in [3.8, 4) is 17.1 Å². The van der Waals surface area contributed by atoms with Crippen LogP contribution < -0.4 is 10.1 Å². The van der Waals surface area contributed by atoms with Crippen LogP contribution in [0.5, 0.6) is 5.75 Å². The van der Waals surface area contributed by atoms with Crippen molar-refractivity contribution in [2.45, 2.75) is 12.5 Å². The molecule has 0 fully saturated rings. The van der Waals surface area contributed by atoms with Crippen molar-refractivity contribution in [2.75, 3.05) is 6.54 Å². The predicted molar refractivity (Wildman–Crippen MR) is 114 cm³/mol. The van der Waals surface area contributed by atoms with Crippen molar-refractivity contribution < 1.29 is 13.9 Å². The van der Waals surface area contributed by atoms with Gasteiger partial charge in [0.25, 0.3) is 5.91 Å². The van der Waals surface area contributed by atoms with Crippen LogP contribution in [0, 0.1) is 0 Å². The number of carbonyl (C=O) groups is 1. The summed E-state index contributed by atoms with van der Waals surface area (Å²) in [4.78, 5) is 13.2. The summed E-state index contributed by atoms with van der Waals surface area (Å²) in [5.41, 5.74) is 2.18. The van der Waals surface area contributed by atoms with Crippen molar-refractivity contribution >= 4 is 17.7 Å². The van der Waals surface area contributed by atoms with E-state index in [2.05, 4.69) is 20.8 Å². The van der Waals surface area contributed by atoms with Gasteiger partial charge in [0.15, 0.2) is 5.82 Å². The molecular weight excluding hydrogens is 394 g/mol. The van der Waals surface area contributed by atoms with Crippen LogP contribution in [0.4, 0.5) is 0 Å². The third-order valence-electron chi connectivity index (χ3n) is 4.99. The molecule has 0 saturated carbocycles. The number of nitrogens with zero attached hydrogens (tertiary/aromatic N) is 4. The lowest BCUT2D eigenvalue weighted by Crippen LogP contribution is -2.36. The quantitative estimate of drug-likeness (QED) is 0.488. The van der Waals surface area contributed by atoms with Crippen molar-refractivity contribution in [3.63, 3.8) is 0 Å². The zero-order valence-corrected chi connectivity index (χ0v) is 16.5. The van der Waals surface area contributed by atoms with Gasteiger partial charge in [-0.1, -0.05) is 48.5 Å². The minimum absolute atomic E-state index is 0.131. The molecule has 1 amide bonds. The maximum absolute atomic E-state index is 13.2. The Labute approximate surface area is 178 Å². The predicted octanol–water partition coefficient (Wildman–Crippen LogP) is 3.05. The second-order valence-corrected chi connectivity index (χ2v) is 7.09. The molecule has 0 spiro atoms. The SMILES string of the molecule is O=C(NCC1Cc2ccccc2O1)/C(=C/c1ccco1)n1nnnc1-c1ccccc1. The topological polar surface area (TPSA) is 95.1 Å². The fourth-order valence-corrected chi connectivity index (χ4v) is 3.51. The van der Waals surface area contributed by atoms with E-state index in [0.29, 0.717) is 18.1 Å². The molecule has 0 bridgehead atoms. The van der Waals surface area contributed by atoms with Crippen LogP contribution in [0.25, 0.3) is 23.2 Å². The number of para-hydroxylation sites is 1. The van der Waals surface area contributed by atoms with Crippen molar-refractivity contribution in [2.24, 2.45) is 0 Å². The maximum atomic E-state index is 13.2. The van der Waals surface area contributed by atoms with E-state index >= 15 is 0 Å². The van der Waals surface area contributed by atoms with Gasteiger partial charge in [-0.3, -0.25) is 4.79 Å². The Kier molecular flexibility index (Phi) is 5.02. The van der Waals surface area contributed by atoms with Gasteiger partial charge in [-0.2, -0.15) is 4.68 Å². The summed E-state index contributed by atoms with van der Waals surface area (Å²) in [6, 6.07) is 20.9. The molecule has 154 valence electrons. The van der Waals surface area contributed by atoms with Crippen LogP contribution in [-0.2, 0) is 11.2 Å². The number of carbonyl (C=O) groups excluding carboxylic acids is 1. The molecule has 0 radical (unpaired) electrons. The molecule has 31 heavy (non-hydrogen) atoms. The van der Waals surface area contributed by atoms with Gasteiger partial charge < -0.3 is 14.5 Å². The third kappa shape index (κ3) is 3.95. The molecule has 5 rings (SSSR count). The maximum Gasteiger partial charge on any atom is 0.270 e. The number of furan rings is 1. The Morgan fingerprint density at radius 2 is 1.94 bits per heavy atom. The molecule has 4 aromatic rings. The molecule has 8 nitrogen and oxygen atoms in total. The molecule has 1 N–H and O–H groups in total. The van der Waals surface area contributed by atoms with Gasteiger partial charge in [0.2, 0.25) is 0 Å². The Hall–Kier alpha value is -4.20. The number of hydrogen-bond donors (Lipinski definition) is 1. The smallest absolute Gasteiger partial charge is 0.270 e. The van der Waals surface area contributed by atoms with Gasteiger partial charge in [0.1, 0.15) is 23.3 Å². The summed E-state index contributed by atoms with van der Waals surface area (Å²) in [5.74, 6) is 1.50. The molecular formula is C23H19N5O3. The fraction of sp³-hybridized carbons (Fsp3) is 0.130. The van der Waals surface area contributed by atoms with E-state index in [-0.39, 0.29) is 17.7 Å². The third-order valence-corrected chi connectivity index (χ3v) is 4.99. The van der Waals surface area contributed by atoms with E-state index in [9.17, 15) is 4.79 Å². The van der Waals surface area contributed by atoms with Crippen LogP contribution in [0.1, 0.15) is 11.3 Å². The highest BCUT2D eigenvalue weighted by atomic mass is 16.5. The lowest BCUT2D eigenvalue weighted by atomic mass is 10.1. The number of tetrazole rings is 1. The van der Waals surface area contributed by atoms with E-state index in [1.807, 2.05) is 54.6 Å². The first-order valence-corrected chi connectivity index (χ1v) is 9.90. The summed E-state index contributed by atoms with van der Waals surface area (Å²) in [7, 11) is 0. The van der Waals surface area contributed by atoms with Gasteiger partial charge in [0, 0.05) is 18.1 Å². The zero-order valence-electron chi connectivity index (χ0n) is 16.5. The van der Waals surface area contributed by atoms with Crippen LogP contribution in [0.15, 0.2) is 77.4 Å². The Morgan fingerprint density at radius 3 is 2.74 bits per heavy atom. The normalized spacial score (nSPS) is 15.4. The average molecular weight is 413 g/mol. The second kappa shape index (κ2) is 8.27. The number of hydrogen-bond acceptors (Lipinski definition) is 6. The molecule has 2 aromatic heterocycles. The number of aromatic nitrogens is 4. The highest BCUT2D eigenvalue weighted by molar-refractivity contribution is 6.18. The lowest BCUT2D eigenvalue weighted by molar-refractivity contribution is -0.116. The van der Waals surface area contributed by atoms with Gasteiger partial charge in [-0.25, -0.2) is 0 Å². The molecule has 3 heterocycles. The minimum atomic E-state index is -0.333. The molecule has 0 saturated heterocycles. The Bertz CT molecular complexity index is 1190. The highest BCUT2D eigenvalue weighted by Gasteiger charge is 2.25. The monoisotopic (exact) mass is 413 g/mol. The van der Waals surface area contributed by atoms with Crippen LogP contribution in [0.3, 0.4) is 0 Å². The van der Waals surface area contributed by atoms with E-state index in [4.69, 9.17) is 9.15 Å². The van der Waals surface area contributed by atoms with Crippen molar-refractivity contribution in [1.29, 1.82) is 0 Å². The first kappa shape index (κ1) is 18.8. The van der Waals surface area contributed by atoms with E-state index in [1.165, 1.54) is 4.68 Å². The highest BCUT2D eigenvalue weighted by Crippen LogP contribution is 2.28. The van der Waals surface area contributed by atoms with Crippen LogP contribution in [0.2, 0.25) is 0 Å². The molecule has 1 aliphatic rings. The number of benzene rings is 2. The van der Waals surface area contributed by atoms with E-state index in [0.717, 1.165) is 23.3 Å². The second-order valence-electron chi connectivity index (χ2n) is 7.09. The largest absolute Gasteiger partial charge is 0.488 e. The van der Waals surface area contributed by atoms with E-state index in [1.54, 1.807) is 24.5 Å². The first-order valence-electron chi connectivity index (χ1n) is 9.90. The van der Waals surface area contributed by atoms with Crippen LogP contribution in [-0.4, -0.2) is 38.8 Å². The number of rotatable bonds is 6. The molecule has 1 aliphatic heterocycles. The summed E-state index contributed by atoms with van der Waals surface area (Å²) < 4.78 is 12.8. The molecule has 2 aromatic carbocycles. The minimum Gasteiger partial charge on any atom is -0.488 e. The number of fused-ring (bicyclic) bond motifs is 1. The zero-order chi connectivity index (χ0) is 21.0. The first-order chi connectivity index (χ1) is 15.3. The molecule has 1 unspecified atom stereocenters. The van der Waals surface area contributed by atoms with E-state index < -0.39 is 0 Å². The van der Waals surface area contributed by atoms with Gasteiger partial charge in [-0.15, -0.1) is 5.10 Å². The van der Waals surface area contributed by atoms with Gasteiger partial charge in [0.05, 0.1) is 12.8 Å². The lowest BCUT2D eigenvalue weighted by Gasteiger charge is -2.14. The molecule has 1 atom stereocenters. The fourth-order valence-electron chi connectivity index (χ4n) is 3.51. The molecule has 8 heteroatoms. The Morgan fingerprint density at radius 1 is 1.10 bits per heavy atom. The van der Waals surface area contributed by atoms with Crippen molar-refractivity contribution in [3.05, 3.63) is 84.3 Å². The number of ether oxygens (including phenoxy) is 1.